The molecule has 1 N–H and O–H groups in total. The fourth-order valence-electron chi connectivity index (χ4n) is 1.47. The number of hydrogen-bond donors (Lipinski definition) is 1. The summed E-state index contributed by atoms with van der Waals surface area (Å²) in [5.74, 6) is -0.709. The van der Waals surface area contributed by atoms with Crippen LogP contribution in [-0.4, -0.2) is 5.91 Å². The van der Waals surface area contributed by atoms with Crippen molar-refractivity contribution in [3.8, 4) is 6.07 Å². The fraction of sp³-hybridized carbons (Fsp3) is 0. The molecule has 5 heteroatoms. The SMILES string of the molecule is N#Cc1ccc(C(=O)Nc2ccc(F)c(Br)c2)cc1. The number of carbonyl (C=O) groups is 1. The van der Waals surface area contributed by atoms with Gasteiger partial charge in [-0.3, -0.25) is 4.79 Å². The van der Waals surface area contributed by atoms with E-state index in [0.717, 1.165) is 0 Å². The molecule has 2 aromatic rings. The third-order valence-corrected chi connectivity index (χ3v) is 3.06. The first-order valence-electron chi connectivity index (χ1n) is 5.37. The van der Waals surface area contributed by atoms with Gasteiger partial charge in [0.25, 0.3) is 5.91 Å². The molecule has 2 rings (SSSR count). The lowest BCUT2D eigenvalue weighted by atomic mass is 10.1. The lowest BCUT2D eigenvalue weighted by Gasteiger charge is -2.06. The minimum absolute atomic E-state index is 0.283. The third-order valence-electron chi connectivity index (χ3n) is 2.45. The summed E-state index contributed by atoms with van der Waals surface area (Å²) >= 11 is 3.05. The number of benzene rings is 2. The van der Waals surface area contributed by atoms with Crippen LogP contribution in [0.4, 0.5) is 10.1 Å². The largest absolute Gasteiger partial charge is 0.322 e. The second-order valence-corrected chi connectivity index (χ2v) is 4.63. The quantitative estimate of drug-likeness (QED) is 0.917. The molecule has 0 aliphatic rings. The van der Waals surface area contributed by atoms with Crippen molar-refractivity contribution in [2.24, 2.45) is 0 Å². The highest BCUT2D eigenvalue weighted by Crippen LogP contribution is 2.20. The average molecular weight is 319 g/mol. The van der Waals surface area contributed by atoms with Gasteiger partial charge in [0, 0.05) is 11.3 Å². The summed E-state index contributed by atoms with van der Waals surface area (Å²) < 4.78 is 13.3. The van der Waals surface area contributed by atoms with Crippen LogP contribution in [0.2, 0.25) is 0 Å². The van der Waals surface area contributed by atoms with Crippen molar-refractivity contribution < 1.29 is 9.18 Å². The maximum atomic E-state index is 13.1. The number of hydrogen-bond acceptors (Lipinski definition) is 2. The number of carbonyl (C=O) groups excluding carboxylic acids is 1. The summed E-state index contributed by atoms with van der Waals surface area (Å²) in [6.07, 6.45) is 0. The molecule has 0 aliphatic heterocycles. The smallest absolute Gasteiger partial charge is 0.255 e. The summed E-state index contributed by atoms with van der Waals surface area (Å²) in [7, 11) is 0. The van der Waals surface area contributed by atoms with Crippen molar-refractivity contribution in [1.29, 1.82) is 5.26 Å². The fourth-order valence-corrected chi connectivity index (χ4v) is 1.85. The first kappa shape index (κ1) is 13.2. The third kappa shape index (κ3) is 3.18. The van der Waals surface area contributed by atoms with E-state index in [2.05, 4.69) is 21.2 Å². The molecule has 19 heavy (non-hydrogen) atoms. The van der Waals surface area contributed by atoms with Gasteiger partial charge >= 0.3 is 0 Å². The van der Waals surface area contributed by atoms with E-state index in [1.165, 1.54) is 18.2 Å². The Morgan fingerprint density at radius 1 is 1.21 bits per heavy atom. The maximum absolute atomic E-state index is 13.1. The van der Waals surface area contributed by atoms with Crippen molar-refractivity contribution >= 4 is 27.5 Å². The van der Waals surface area contributed by atoms with Crippen LogP contribution in [-0.2, 0) is 0 Å². The second-order valence-electron chi connectivity index (χ2n) is 3.77. The van der Waals surface area contributed by atoms with Gasteiger partial charge in [0.05, 0.1) is 16.1 Å². The monoisotopic (exact) mass is 318 g/mol. The Kier molecular flexibility index (Phi) is 3.93. The van der Waals surface area contributed by atoms with Crippen LogP contribution in [0, 0.1) is 17.1 Å². The van der Waals surface area contributed by atoms with E-state index in [0.29, 0.717) is 16.8 Å². The Morgan fingerprint density at radius 3 is 2.47 bits per heavy atom. The van der Waals surface area contributed by atoms with Gasteiger partial charge in [-0.25, -0.2) is 4.39 Å². The minimum atomic E-state index is -0.392. The molecular weight excluding hydrogens is 311 g/mol. The predicted molar refractivity (Wildman–Crippen MR) is 73.2 cm³/mol. The molecule has 0 saturated heterocycles. The maximum Gasteiger partial charge on any atom is 0.255 e. The van der Waals surface area contributed by atoms with Gasteiger partial charge in [0.15, 0.2) is 0 Å². The van der Waals surface area contributed by atoms with Gasteiger partial charge in [-0.15, -0.1) is 0 Å². The van der Waals surface area contributed by atoms with Gasteiger partial charge in [-0.1, -0.05) is 0 Å². The van der Waals surface area contributed by atoms with Crippen molar-refractivity contribution in [3.63, 3.8) is 0 Å². The van der Waals surface area contributed by atoms with E-state index in [1.807, 2.05) is 6.07 Å². The van der Waals surface area contributed by atoms with E-state index < -0.39 is 5.82 Å². The highest BCUT2D eigenvalue weighted by molar-refractivity contribution is 9.10. The predicted octanol–water partition coefficient (Wildman–Crippen LogP) is 3.71. The number of anilines is 1. The van der Waals surface area contributed by atoms with Gasteiger partial charge in [0.2, 0.25) is 0 Å². The lowest BCUT2D eigenvalue weighted by Crippen LogP contribution is -2.11. The van der Waals surface area contributed by atoms with Gasteiger partial charge in [-0.2, -0.15) is 5.26 Å². The van der Waals surface area contributed by atoms with Crippen LogP contribution in [0.3, 0.4) is 0 Å². The zero-order valence-electron chi connectivity index (χ0n) is 9.65. The summed E-state index contributed by atoms with van der Waals surface area (Å²) in [5.41, 5.74) is 1.41. The molecule has 0 aliphatic carbocycles. The molecule has 0 radical (unpaired) electrons. The molecule has 0 aromatic heterocycles. The van der Waals surface area contributed by atoms with Crippen molar-refractivity contribution in [3.05, 3.63) is 63.9 Å². The summed E-state index contributed by atoms with van der Waals surface area (Å²) in [6.45, 7) is 0. The topological polar surface area (TPSA) is 52.9 Å². The molecule has 3 nitrogen and oxygen atoms in total. The van der Waals surface area contributed by atoms with E-state index in [1.54, 1.807) is 24.3 Å². The molecule has 0 saturated carbocycles. The Labute approximate surface area is 117 Å². The van der Waals surface area contributed by atoms with Crippen LogP contribution >= 0.6 is 15.9 Å². The standard InChI is InChI=1S/C14H8BrFN2O/c15-12-7-11(5-6-13(12)16)18-14(19)10-3-1-9(8-17)2-4-10/h1-7H,(H,18,19). The summed E-state index contributed by atoms with van der Waals surface area (Å²) in [6, 6.07) is 12.5. The molecule has 2 aromatic carbocycles. The average Bonchev–Trinajstić information content (AvgIpc) is 2.43. The van der Waals surface area contributed by atoms with Crippen LogP contribution < -0.4 is 5.32 Å². The molecule has 0 atom stereocenters. The molecular formula is C14H8BrFN2O. The normalized spacial score (nSPS) is 9.74. The van der Waals surface area contributed by atoms with Crippen molar-refractivity contribution in [1.82, 2.24) is 0 Å². The van der Waals surface area contributed by atoms with Crippen LogP contribution in [0.25, 0.3) is 0 Å². The summed E-state index contributed by atoms with van der Waals surface area (Å²) in [5, 5.41) is 11.3. The number of nitriles is 1. The van der Waals surface area contributed by atoms with Gasteiger partial charge in [0.1, 0.15) is 5.82 Å². The Morgan fingerprint density at radius 2 is 1.89 bits per heavy atom. The number of amides is 1. The Balaban J connectivity index is 2.16. The van der Waals surface area contributed by atoms with E-state index >= 15 is 0 Å². The highest BCUT2D eigenvalue weighted by atomic mass is 79.9. The second kappa shape index (κ2) is 5.63. The zero-order valence-corrected chi connectivity index (χ0v) is 11.2. The van der Waals surface area contributed by atoms with Gasteiger partial charge < -0.3 is 5.32 Å². The lowest BCUT2D eigenvalue weighted by molar-refractivity contribution is 0.102. The summed E-state index contributed by atoms with van der Waals surface area (Å²) in [4.78, 5) is 11.9. The first-order chi connectivity index (χ1) is 9.10. The molecule has 0 fully saturated rings. The minimum Gasteiger partial charge on any atom is -0.322 e. The molecule has 0 heterocycles. The van der Waals surface area contributed by atoms with Crippen LogP contribution in [0.1, 0.15) is 15.9 Å². The zero-order chi connectivity index (χ0) is 13.8. The Bertz CT molecular complexity index is 662. The number of nitrogens with zero attached hydrogens (tertiary/aromatic N) is 1. The number of nitrogens with one attached hydrogen (secondary N) is 1. The molecule has 94 valence electrons. The van der Waals surface area contributed by atoms with E-state index in [9.17, 15) is 9.18 Å². The molecule has 0 spiro atoms. The van der Waals surface area contributed by atoms with Crippen LogP contribution in [0.5, 0.6) is 0 Å². The number of rotatable bonds is 2. The molecule has 0 unspecified atom stereocenters. The highest BCUT2D eigenvalue weighted by Gasteiger charge is 2.07. The van der Waals surface area contributed by atoms with E-state index in [4.69, 9.17) is 5.26 Å². The van der Waals surface area contributed by atoms with Gasteiger partial charge in [-0.05, 0) is 58.4 Å². The number of halogens is 2. The van der Waals surface area contributed by atoms with E-state index in [-0.39, 0.29) is 10.4 Å². The Hall–Kier alpha value is -2.19. The first-order valence-corrected chi connectivity index (χ1v) is 6.16. The molecule has 0 bridgehead atoms. The van der Waals surface area contributed by atoms with Crippen LogP contribution in [0.15, 0.2) is 46.9 Å². The van der Waals surface area contributed by atoms with Crippen molar-refractivity contribution in [2.75, 3.05) is 5.32 Å². The van der Waals surface area contributed by atoms with Crippen molar-refractivity contribution in [2.45, 2.75) is 0 Å². The molecule has 1 amide bonds.